The predicted molar refractivity (Wildman–Crippen MR) is 24.6 cm³/mol. The van der Waals surface area contributed by atoms with Gasteiger partial charge in [-0.05, 0) is 0 Å². The minimum absolute atomic E-state index is 0. The fourth-order valence-electron chi connectivity index (χ4n) is 0.137. The summed E-state index contributed by atoms with van der Waals surface area (Å²) in [5.74, 6) is 0. The molecule has 4 nitrogen and oxygen atoms in total. The van der Waals surface area contributed by atoms with Crippen LogP contribution in [0.25, 0.3) is 0 Å². The standard InChI is InChI=1S/C2H5FO4S.Li.H/c3-1-2-7-8(4,5)6;;/h1-2H2,(H,4,5,6);;/q;+1;-1. The maximum Gasteiger partial charge on any atom is 1.00 e. The van der Waals surface area contributed by atoms with Gasteiger partial charge in [0.1, 0.15) is 6.67 Å². The zero-order chi connectivity index (χ0) is 6.62. The molecule has 0 aromatic heterocycles. The first kappa shape index (κ1) is 12.1. The Balaban J connectivity index is -0.000000245. The summed E-state index contributed by atoms with van der Waals surface area (Å²) >= 11 is 0. The van der Waals surface area contributed by atoms with Crippen molar-refractivity contribution in [2.75, 3.05) is 13.3 Å². The molecule has 0 aromatic rings. The van der Waals surface area contributed by atoms with E-state index in [2.05, 4.69) is 4.18 Å². The maximum absolute atomic E-state index is 11.0. The Morgan fingerprint density at radius 1 is 1.67 bits per heavy atom. The molecule has 1 N–H and O–H groups in total. The zero-order valence-corrected chi connectivity index (χ0v) is 5.69. The van der Waals surface area contributed by atoms with Crippen LogP contribution in [-0.2, 0) is 14.6 Å². The van der Waals surface area contributed by atoms with Gasteiger partial charge < -0.3 is 1.43 Å². The minimum Gasteiger partial charge on any atom is -1.00 e. The third-order valence-electron chi connectivity index (χ3n) is 0.309. The number of alkyl halides is 1. The summed E-state index contributed by atoms with van der Waals surface area (Å²) in [5, 5.41) is 0. The van der Waals surface area contributed by atoms with Crippen LogP contribution in [-0.4, -0.2) is 26.3 Å². The summed E-state index contributed by atoms with van der Waals surface area (Å²) in [6, 6.07) is 0. The van der Waals surface area contributed by atoms with Crippen molar-refractivity contribution >= 4 is 10.4 Å². The SMILES string of the molecule is O=S(=O)(O)OCCF.[H-].[Li+]. The largest absolute Gasteiger partial charge is 1.00 e. The molecule has 52 valence electrons. The monoisotopic (exact) mass is 152 g/mol. The van der Waals surface area contributed by atoms with Crippen molar-refractivity contribution in [1.29, 1.82) is 0 Å². The number of hydrogen-bond donors (Lipinski definition) is 1. The van der Waals surface area contributed by atoms with Crippen LogP contribution in [0.4, 0.5) is 4.39 Å². The number of halogens is 1. The van der Waals surface area contributed by atoms with Gasteiger partial charge in [-0.25, -0.2) is 8.57 Å². The molecule has 0 aliphatic rings. The second-order valence-corrected chi connectivity index (χ2v) is 2.03. The molecule has 0 unspecified atom stereocenters. The van der Waals surface area contributed by atoms with E-state index in [1.54, 1.807) is 0 Å². The molecule has 7 heteroatoms. The Kier molecular flexibility index (Phi) is 7.00. The first-order chi connectivity index (χ1) is 3.56. The molecule has 0 fully saturated rings. The first-order valence-electron chi connectivity index (χ1n) is 1.74. The molecule has 0 spiro atoms. The molecule has 0 heterocycles. The molecule has 0 bridgehead atoms. The van der Waals surface area contributed by atoms with E-state index in [1.165, 1.54) is 0 Å². The van der Waals surface area contributed by atoms with Gasteiger partial charge in [0.05, 0.1) is 6.61 Å². The average Bonchev–Trinajstić information content (AvgIpc) is 1.59. The summed E-state index contributed by atoms with van der Waals surface area (Å²) in [5.41, 5.74) is 0. The van der Waals surface area contributed by atoms with E-state index >= 15 is 0 Å². The molecule has 0 amide bonds. The quantitative estimate of drug-likeness (QED) is 0.343. The van der Waals surface area contributed by atoms with Crippen molar-refractivity contribution in [3.05, 3.63) is 0 Å². The minimum atomic E-state index is -4.43. The van der Waals surface area contributed by atoms with Crippen LogP contribution >= 0.6 is 0 Å². The summed E-state index contributed by atoms with van der Waals surface area (Å²) in [4.78, 5) is 0. The van der Waals surface area contributed by atoms with Crippen LogP contribution < -0.4 is 18.9 Å². The fraction of sp³-hybridized carbons (Fsp3) is 1.00. The average molecular weight is 152 g/mol. The molecule has 0 radical (unpaired) electrons. The van der Waals surface area contributed by atoms with Crippen LogP contribution in [0, 0.1) is 0 Å². The van der Waals surface area contributed by atoms with Crippen molar-refractivity contribution < 1.29 is 41.8 Å². The Hall–Kier alpha value is 0.397. The van der Waals surface area contributed by atoms with Gasteiger partial charge in [0.25, 0.3) is 0 Å². The van der Waals surface area contributed by atoms with Gasteiger partial charge in [-0.2, -0.15) is 8.42 Å². The molecule has 0 atom stereocenters. The van der Waals surface area contributed by atoms with E-state index in [1.807, 2.05) is 0 Å². The van der Waals surface area contributed by atoms with Gasteiger partial charge in [-0.1, -0.05) is 0 Å². The van der Waals surface area contributed by atoms with Crippen LogP contribution in [0.15, 0.2) is 0 Å². The zero-order valence-electron chi connectivity index (χ0n) is 5.87. The van der Waals surface area contributed by atoms with Gasteiger partial charge >= 0.3 is 29.3 Å². The van der Waals surface area contributed by atoms with E-state index in [0.717, 1.165) is 0 Å². The second-order valence-electron chi connectivity index (χ2n) is 0.939. The van der Waals surface area contributed by atoms with Crippen LogP contribution in [0.5, 0.6) is 0 Å². The Morgan fingerprint density at radius 3 is 2.22 bits per heavy atom. The van der Waals surface area contributed by atoms with E-state index in [-0.39, 0.29) is 20.3 Å². The summed E-state index contributed by atoms with van der Waals surface area (Å²) in [6.45, 7) is -1.56. The van der Waals surface area contributed by atoms with Crippen molar-refractivity contribution in [3.63, 3.8) is 0 Å². The Labute approximate surface area is 66.0 Å². The normalized spacial score (nSPS) is 10.4. The summed E-state index contributed by atoms with van der Waals surface area (Å²) < 4.78 is 41.4. The van der Waals surface area contributed by atoms with Crippen LogP contribution in [0.3, 0.4) is 0 Å². The van der Waals surface area contributed by atoms with E-state index in [0.29, 0.717) is 0 Å². The predicted octanol–water partition coefficient (Wildman–Crippen LogP) is -3.11. The van der Waals surface area contributed by atoms with Gasteiger partial charge in [0, 0.05) is 0 Å². The maximum atomic E-state index is 11.0. The molecule has 0 rings (SSSR count). The van der Waals surface area contributed by atoms with Gasteiger partial charge in [0.2, 0.25) is 0 Å². The fourth-order valence-corrected chi connectivity index (χ4v) is 0.410. The Morgan fingerprint density at radius 2 is 2.11 bits per heavy atom. The van der Waals surface area contributed by atoms with Crippen molar-refractivity contribution in [3.8, 4) is 0 Å². The van der Waals surface area contributed by atoms with Gasteiger partial charge in [-0.15, -0.1) is 0 Å². The van der Waals surface area contributed by atoms with E-state index in [4.69, 9.17) is 4.55 Å². The number of hydrogen-bond acceptors (Lipinski definition) is 3. The van der Waals surface area contributed by atoms with E-state index < -0.39 is 23.7 Å². The summed E-state index contributed by atoms with van der Waals surface area (Å²) in [6.07, 6.45) is 0. The second kappa shape index (κ2) is 5.20. The molecular formula is C2H6FLiO4S. The van der Waals surface area contributed by atoms with E-state index in [9.17, 15) is 12.8 Å². The molecule has 0 aliphatic heterocycles. The first-order valence-corrected chi connectivity index (χ1v) is 3.10. The number of rotatable bonds is 3. The molecule has 0 aromatic carbocycles. The third kappa shape index (κ3) is 11.8. The van der Waals surface area contributed by atoms with Crippen LogP contribution in [0.1, 0.15) is 1.43 Å². The van der Waals surface area contributed by atoms with Crippen molar-refractivity contribution in [2.24, 2.45) is 0 Å². The van der Waals surface area contributed by atoms with Crippen molar-refractivity contribution in [1.82, 2.24) is 0 Å². The summed E-state index contributed by atoms with van der Waals surface area (Å²) in [7, 11) is -4.43. The molecule has 0 saturated carbocycles. The van der Waals surface area contributed by atoms with Gasteiger partial charge in [0.15, 0.2) is 0 Å². The topological polar surface area (TPSA) is 63.6 Å². The molecule has 0 saturated heterocycles. The smallest absolute Gasteiger partial charge is 1.00 e. The van der Waals surface area contributed by atoms with Crippen molar-refractivity contribution in [2.45, 2.75) is 0 Å². The third-order valence-corrected chi connectivity index (χ3v) is 0.774. The molecule has 9 heavy (non-hydrogen) atoms. The Bertz CT molecular complexity index is 147. The molecular weight excluding hydrogens is 146 g/mol. The van der Waals surface area contributed by atoms with Crippen LogP contribution in [0.2, 0.25) is 0 Å². The van der Waals surface area contributed by atoms with Gasteiger partial charge in [-0.3, -0.25) is 4.55 Å². The molecule has 0 aliphatic carbocycles.